The average Bonchev–Trinajstić information content (AvgIpc) is 2.86. The van der Waals surface area contributed by atoms with Crippen LogP contribution in [0.15, 0.2) is 18.2 Å². The molecule has 1 saturated carbocycles. The van der Waals surface area contributed by atoms with E-state index in [0.717, 1.165) is 12.5 Å². The van der Waals surface area contributed by atoms with E-state index in [0.29, 0.717) is 11.5 Å². The number of aromatic hydroxyl groups is 1. The smallest absolute Gasteiger partial charge is 0.127 e. The van der Waals surface area contributed by atoms with Crippen LogP contribution in [0.1, 0.15) is 30.9 Å². The van der Waals surface area contributed by atoms with Crippen LogP contribution in [0.5, 0.6) is 5.75 Å². The lowest BCUT2D eigenvalue weighted by Gasteiger charge is -2.11. The lowest BCUT2D eigenvalue weighted by Crippen LogP contribution is -2.11. The first-order chi connectivity index (χ1) is 6.65. The van der Waals surface area contributed by atoms with Gasteiger partial charge < -0.3 is 10.8 Å². The predicted octanol–water partition coefficient (Wildman–Crippen LogP) is 2.33. The fraction of sp³-hybridized carbons (Fsp3) is 0.455. The number of nitrogens with two attached hydrogens (primary N) is 1. The van der Waals surface area contributed by atoms with Crippen molar-refractivity contribution >= 4 is 0 Å². The molecular weight excluding hydrogens is 181 g/mol. The number of rotatable bonds is 3. The molecule has 0 unspecified atom stereocenters. The molecule has 2 nitrogen and oxygen atoms in total. The largest absolute Gasteiger partial charge is 0.508 e. The monoisotopic (exact) mass is 195 g/mol. The first kappa shape index (κ1) is 9.46. The second-order valence-corrected chi connectivity index (χ2v) is 4.03. The molecule has 0 spiro atoms. The van der Waals surface area contributed by atoms with Crippen molar-refractivity contribution in [2.24, 2.45) is 11.7 Å². The van der Waals surface area contributed by atoms with Crippen molar-refractivity contribution in [1.29, 1.82) is 0 Å². The van der Waals surface area contributed by atoms with Gasteiger partial charge in [0.05, 0.1) is 0 Å². The third kappa shape index (κ3) is 2.23. The molecule has 3 heteroatoms. The van der Waals surface area contributed by atoms with Crippen LogP contribution >= 0.6 is 0 Å². The summed E-state index contributed by atoms with van der Waals surface area (Å²) in [5.74, 6) is 0.230. The van der Waals surface area contributed by atoms with E-state index in [-0.39, 0.29) is 11.8 Å². The maximum absolute atomic E-state index is 12.9. The number of benzene rings is 1. The molecule has 0 radical (unpaired) electrons. The van der Waals surface area contributed by atoms with E-state index in [4.69, 9.17) is 5.73 Å². The molecule has 0 heterocycles. The minimum absolute atomic E-state index is 0.0498. The van der Waals surface area contributed by atoms with Crippen molar-refractivity contribution < 1.29 is 9.50 Å². The molecule has 0 aliphatic heterocycles. The Bertz CT molecular complexity index is 316. The van der Waals surface area contributed by atoms with Gasteiger partial charge in [-0.3, -0.25) is 0 Å². The van der Waals surface area contributed by atoms with Crippen LogP contribution in [-0.4, -0.2) is 5.11 Å². The third-order valence-corrected chi connectivity index (χ3v) is 2.62. The molecule has 0 amide bonds. The van der Waals surface area contributed by atoms with Gasteiger partial charge in [0.1, 0.15) is 11.6 Å². The van der Waals surface area contributed by atoms with Gasteiger partial charge in [0.25, 0.3) is 0 Å². The lowest BCUT2D eigenvalue weighted by atomic mass is 10.0. The van der Waals surface area contributed by atoms with Gasteiger partial charge in [0.15, 0.2) is 0 Å². The first-order valence-corrected chi connectivity index (χ1v) is 4.90. The van der Waals surface area contributed by atoms with Gasteiger partial charge in [-0.2, -0.15) is 0 Å². The molecule has 1 fully saturated rings. The molecule has 0 bridgehead atoms. The van der Waals surface area contributed by atoms with E-state index in [1.165, 1.54) is 25.0 Å². The molecule has 76 valence electrons. The average molecular weight is 195 g/mol. The van der Waals surface area contributed by atoms with E-state index >= 15 is 0 Å². The molecule has 1 aromatic rings. The topological polar surface area (TPSA) is 46.2 Å². The van der Waals surface area contributed by atoms with E-state index in [1.807, 2.05) is 0 Å². The van der Waals surface area contributed by atoms with Crippen molar-refractivity contribution in [1.82, 2.24) is 0 Å². The Morgan fingerprint density at radius 3 is 2.71 bits per heavy atom. The van der Waals surface area contributed by atoms with E-state index < -0.39 is 5.82 Å². The van der Waals surface area contributed by atoms with Crippen LogP contribution in [0.25, 0.3) is 0 Å². The highest BCUT2D eigenvalue weighted by Crippen LogP contribution is 2.37. The Kier molecular flexibility index (Phi) is 2.42. The maximum atomic E-state index is 12.9. The third-order valence-electron chi connectivity index (χ3n) is 2.62. The zero-order valence-corrected chi connectivity index (χ0v) is 7.91. The van der Waals surface area contributed by atoms with E-state index in [9.17, 15) is 9.50 Å². The summed E-state index contributed by atoms with van der Waals surface area (Å²) in [6.45, 7) is 0. The van der Waals surface area contributed by atoms with Crippen molar-refractivity contribution in [3.63, 3.8) is 0 Å². The maximum Gasteiger partial charge on any atom is 0.127 e. The lowest BCUT2D eigenvalue weighted by molar-refractivity contribution is 0.465. The molecule has 1 atom stereocenters. The Balaban J connectivity index is 2.12. The van der Waals surface area contributed by atoms with Gasteiger partial charge in [0, 0.05) is 12.1 Å². The second kappa shape index (κ2) is 3.58. The molecule has 3 N–H and O–H groups in total. The zero-order valence-electron chi connectivity index (χ0n) is 7.91. The molecule has 2 rings (SSSR count). The van der Waals surface area contributed by atoms with Gasteiger partial charge in [-0.05, 0) is 30.0 Å². The van der Waals surface area contributed by atoms with E-state index in [2.05, 4.69) is 0 Å². The van der Waals surface area contributed by atoms with Gasteiger partial charge in [0.2, 0.25) is 0 Å². The molecule has 1 aromatic carbocycles. The molecule has 1 aliphatic rings. The number of hydrogen-bond acceptors (Lipinski definition) is 2. The summed E-state index contributed by atoms with van der Waals surface area (Å²) in [5.41, 5.74) is 6.59. The fourth-order valence-electron chi connectivity index (χ4n) is 1.66. The summed E-state index contributed by atoms with van der Waals surface area (Å²) in [7, 11) is 0. The summed E-state index contributed by atoms with van der Waals surface area (Å²) in [6, 6.07) is 3.88. The quantitative estimate of drug-likeness (QED) is 0.777. The van der Waals surface area contributed by atoms with Crippen molar-refractivity contribution in [3.8, 4) is 5.75 Å². The standard InChI is InChI=1S/C11H14FNO/c12-9-4-8(5-10(14)6-9)11(13)3-7-1-2-7/h4-7,11,14H,1-3,13H2/t11-/m1/s1. The van der Waals surface area contributed by atoms with Gasteiger partial charge in [-0.25, -0.2) is 4.39 Å². The van der Waals surface area contributed by atoms with Crippen molar-refractivity contribution in [3.05, 3.63) is 29.6 Å². The van der Waals surface area contributed by atoms with Gasteiger partial charge in [-0.15, -0.1) is 0 Å². The van der Waals surface area contributed by atoms with Crippen LogP contribution < -0.4 is 5.73 Å². The Morgan fingerprint density at radius 2 is 2.14 bits per heavy atom. The Labute approximate surface area is 82.5 Å². The SMILES string of the molecule is N[C@H](CC1CC1)c1cc(O)cc(F)c1. The van der Waals surface area contributed by atoms with Crippen LogP contribution in [0, 0.1) is 11.7 Å². The minimum Gasteiger partial charge on any atom is -0.508 e. The first-order valence-electron chi connectivity index (χ1n) is 4.90. The summed E-state index contributed by atoms with van der Waals surface area (Å²) in [6.07, 6.45) is 3.35. The Morgan fingerprint density at radius 1 is 1.43 bits per heavy atom. The highest BCUT2D eigenvalue weighted by Gasteiger charge is 2.24. The number of halogens is 1. The van der Waals surface area contributed by atoms with Crippen LogP contribution in [-0.2, 0) is 0 Å². The van der Waals surface area contributed by atoms with Crippen molar-refractivity contribution in [2.75, 3.05) is 0 Å². The number of phenols is 1. The molecule has 14 heavy (non-hydrogen) atoms. The highest BCUT2D eigenvalue weighted by atomic mass is 19.1. The second-order valence-electron chi connectivity index (χ2n) is 4.03. The van der Waals surface area contributed by atoms with Crippen LogP contribution in [0.2, 0.25) is 0 Å². The molecule has 0 aromatic heterocycles. The van der Waals surface area contributed by atoms with Gasteiger partial charge in [-0.1, -0.05) is 12.8 Å². The Hall–Kier alpha value is -1.09. The normalized spacial score (nSPS) is 18.1. The van der Waals surface area contributed by atoms with Crippen LogP contribution in [0.3, 0.4) is 0 Å². The van der Waals surface area contributed by atoms with E-state index in [1.54, 1.807) is 0 Å². The molecule has 0 saturated heterocycles. The summed E-state index contributed by atoms with van der Waals surface area (Å²) in [4.78, 5) is 0. The fourth-order valence-corrected chi connectivity index (χ4v) is 1.66. The summed E-state index contributed by atoms with van der Waals surface area (Å²) < 4.78 is 12.9. The highest BCUT2D eigenvalue weighted by molar-refractivity contribution is 5.30. The summed E-state index contributed by atoms with van der Waals surface area (Å²) in [5, 5.41) is 9.20. The zero-order chi connectivity index (χ0) is 10.1. The van der Waals surface area contributed by atoms with Crippen LogP contribution in [0.4, 0.5) is 4.39 Å². The predicted molar refractivity (Wildman–Crippen MR) is 52.3 cm³/mol. The molecule has 1 aliphatic carbocycles. The molecular formula is C11H14FNO. The number of hydrogen-bond donors (Lipinski definition) is 2. The minimum atomic E-state index is -0.425. The summed E-state index contributed by atoms with van der Waals surface area (Å²) >= 11 is 0. The van der Waals surface area contributed by atoms with Crippen molar-refractivity contribution in [2.45, 2.75) is 25.3 Å². The van der Waals surface area contributed by atoms with Gasteiger partial charge >= 0.3 is 0 Å². The number of phenolic OH excluding ortho intramolecular Hbond substituents is 1.